The zero-order valence-corrected chi connectivity index (χ0v) is 16.2. The van der Waals surface area contributed by atoms with Gasteiger partial charge in [-0.1, -0.05) is 65.8 Å². The number of hydrogen-bond acceptors (Lipinski definition) is 6. The number of hydrogen-bond donors (Lipinski definition) is 2. The second kappa shape index (κ2) is 8.32. The molecule has 2 aromatic carbocycles. The molecule has 3 rings (SSSR count). The van der Waals surface area contributed by atoms with Crippen LogP contribution in [0.25, 0.3) is 10.4 Å². The number of rotatable bonds is 6. The number of ether oxygens (including phenoxy) is 2. The number of azide groups is 1. The highest BCUT2D eigenvalue weighted by atomic mass is 16.7. The van der Waals surface area contributed by atoms with Gasteiger partial charge in [-0.3, -0.25) is 4.79 Å². The molecule has 1 saturated heterocycles. The summed E-state index contributed by atoms with van der Waals surface area (Å²) in [5.41, 5.74) is 5.18. The van der Waals surface area contributed by atoms with E-state index in [9.17, 15) is 15.0 Å². The monoisotopic (exact) mass is 397 g/mol. The van der Waals surface area contributed by atoms with E-state index in [2.05, 4.69) is 10.0 Å². The quantitative estimate of drug-likeness (QED) is 0.335. The molecule has 29 heavy (non-hydrogen) atoms. The minimum atomic E-state index is -2.49. The Balaban J connectivity index is 2.21. The highest BCUT2D eigenvalue weighted by molar-refractivity contribution is 6.04. The number of methoxy groups -OCH3 is 1. The van der Waals surface area contributed by atoms with E-state index >= 15 is 0 Å². The number of ketones is 1. The fourth-order valence-corrected chi connectivity index (χ4v) is 3.91. The summed E-state index contributed by atoms with van der Waals surface area (Å²) < 4.78 is 11.1. The van der Waals surface area contributed by atoms with Crippen molar-refractivity contribution in [2.24, 2.45) is 5.11 Å². The summed E-state index contributed by atoms with van der Waals surface area (Å²) >= 11 is 0. The van der Waals surface area contributed by atoms with Gasteiger partial charge in [0.25, 0.3) is 0 Å². The van der Waals surface area contributed by atoms with Gasteiger partial charge < -0.3 is 19.7 Å². The molecule has 2 aromatic rings. The molecule has 0 unspecified atom stereocenters. The average Bonchev–Trinajstić information content (AvgIpc) is 2.74. The van der Waals surface area contributed by atoms with Crippen LogP contribution in [-0.4, -0.2) is 52.7 Å². The highest BCUT2D eigenvalue weighted by Crippen LogP contribution is 2.44. The Bertz CT molecular complexity index is 903. The van der Waals surface area contributed by atoms with Crippen molar-refractivity contribution in [3.05, 3.63) is 82.2 Å². The Morgan fingerprint density at radius 1 is 1.17 bits per heavy atom. The van der Waals surface area contributed by atoms with Gasteiger partial charge in [-0.15, -0.1) is 0 Å². The summed E-state index contributed by atoms with van der Waals surface area (Å²) in [4.78, 5) is 16.3. The van der Waals surface area contributed by atoms with E-state index in [4.69, 9.17) is 15.0 Å². The molecule has 0 aromatic heterocycles. The third kappa shape index (κ3) is 3.53. The van der Waals surface area contributed by atoms with E-state index in [1.165, 1.54) is 19.2 Å². The standard InChI is InChI=1S/C21H23N3O5/c1-14-17(23-24-22)21(27,18(25)16-11-7-4-8-12-16)20(26,19(28-2)29-14)13-15-9-5-3-6-10-15/h3-12,14,17,19,26-27H,13H2,1-2H3/t14-,17-,19+,20-,21-/m1/s1. The summed E-state index contributed by atoms with van der Waals surface area (Å²) in [7, 11) is 1.31. The van der Waals surface area contributed by atoms with E-state index in [0.29, 0.717) is 5.56 Å². The van der Waals surface area contributed by atoms with Crippen molar-refractivity contribution in [1.82, 2.24) is 0 Å². The van der Waals surface area contributed by atoms with Gasteiger partial charge in [0, 0.05) is 24.0 Å². The fourth-order valence-electron chi connectivity index (χ4n) is 3.91. The van der Waals surface area contributed by atoms with Crippen LogP contribution in [0.2, 0.25) is 0 Å². The lowest BCUT2D eigenvalue weighted by Gasteiger charge is -2.54. The van der Waals surface area contributed by atoms with Crippen LogP contribution in [0.3, 0.4) is 0 Å². The van der Waals surface area contributed by atoms with Crippen molar-refractivity contribution in [2.75, 3.05) is 7.11 Å². The maximum atomic E-state index is 13.5. The van der Waals surface area contributed by atoms with Crippen molar-refractivity contribution in [3.63, 3.8) is 0 Å². The molecule has 8 heteroatoms. The van der Waals surface area contributed by atoms with E-state index in [1.54, 1.807) is 49.4 Å². The van der Waals surface area contributed by atoms with Crippen LogP contribution in [0.1, 0.15) is 22.8 Å². The molecular weight excluding hydrogens is 374 g/mol. The second-order valence-corrected chi connectivity index (χ2v) is 7.11. The van der Waals surface area contributed by atoms with Gasteiger partial charge in [0.2, 0.25) is 0 Å². The predicted molar refractivity (Wildman–Crippen MR) is 105 cm³/mol. The Morgan fingerprint density at radius 3 is 2.31 bits per heavy atom. The molecule has 0 bridgehead atoms. The van der Waals surface area contributed by atoms with Gasteiger partial charge in [-0.25, -0.2) is 0 Å². The summed E-state index contributed by atoms with van der Waals surface area (Å²) in [5.74, 6) is -0.772. The molecule has 0 radical (unpaired) electrons. The average molecular weight is 397 g/mol. The molecular formula is C21H23N3O5. The maximum absolute atomic E-state index is 13.5. The van der Waals surface area contributed by atoms with Crippen LogP contribution in [-0.2, 0) is 15.9 Å². The summed E-state index contributed by atoms with van der Waals surface area (Å²) in [6.45, 7) is 1.55. The molecule has 1 aliphatic heterocycles. The molecule has 2 N–H and O–H groups in total. The van der Waals surface area contributed by atoms with E-state index < -0.39 is 35.4 Å². The van der Waals surface area contributed by atoms with E-state index in [0.717, 1.165) is 0 Å². The second-order valence-electron chi connectivity index (χ2n) is 7.11. The van der Waals surface area contributed by atoms with Gasteiger partial charge in [0.1, 0.15) is 6.04 Å². The van der Waals surface area contributed by atoms with Gasteiger partial charge in [-0.2, -0.15) is 0 Å². The molecule has 152 valence electrons. The third-order valence-corrected chi connectivity index (χ3v) is 5.35. The van der Waals surface area contributed by atoms with Crippen molar-refractivity contribution in [3.8, 4) is 0 Å². The first-order valence-corrected chi connectivity index (χ1v) is 9.19. The van der Waals surface area contributed by atoms with E-state index in [-0.39, 0.29) is 12.0 Å². The molecule has 1 heterocycles. The van der Waals surface area contributed by atoms with Crippen molar-refractivity contribution < 1.29 is 24.5 Å². The molecule has 5 atom stereocenters. The lowest BCUT2D eigenvalue weighted by molar-refractivity contribution is -0.325. The van der Waals surface area contributed by atoms with E-state index in [1.807, 2.05) is 6.07 Å². The Morgan fingerprint density at radius 2 is 1.76 bits per heavy atom. The first-order valence-electron chi connectivity index (χ1n) is 9.19. The lowest BCUT2D eigenvalue weighted by Crippen LogP contribution is -2.77. The molecule has 0 amide bonds. The Labute approximate surface area is 168 Å². The van der Waals surface area contributed by atoms with Crippen LogP contribution in [0, 0.1) is 0 Å². The minimum absolute atomic E-state index is 0.161. The normalized spacial score (nSPS) is 31.7. The molecule has 0 saturated carbocycles. The molecule has 1 aliphatic rings. The number of carbonyl (C=O) groups is 1. The number of benzene rings is 2. The van der Waals surface area contributed by atoms with Crippen molar-refractivity contribution in [1.29, 1.82) is 0 Å². The van der Waals surface area contributed by atoms with Crippen LogP contribution >= 0.6 is 0 Å². The SMILES string of the molecule is CO[C@H]1O[C@H](C)[C@@H](N=[N+]=[N-])[C@@](O)(C(=O)c2ccccc2)[C@@]1(O)Cc1ccccc1. The number of Topliss-reactive ketones (excluding diaryl/α,β-unsaturated/α-hetero) is 1. The van der Waals surface area contributed by atoms with Crippen LogP contribution < -0.4 is 0 Å². The Hall–Kier alpha value is -2.74. The van der Waals surface area contributed by atoms with Crippen molar-refractivity contribution in [2.45, 2.75) is 43.0 Å². The topological polar surface area (TPSA) is 125 Å². The summed E-state index contributed by atoms with van der Waals surface area (Å²) in [6, 6.07) is 15.6. The Kier molecular flexibility index (Phi) is 6.02. The molecule has 0 aliphatic carbocycles. The zero-order valence-electron chi connectivity index (χ0n) is 16.2. The number of aliphatic hydroxyl groups is 2. The highest BCUT2D eigenvalue weighted by Gasteiger charge is 2.68. The zero-order chi connectivity index (χ0) is 21.1. The minimum Gasteiger partial charge on any atom is -0.381 e. The van der Waals surface area contributed by atoms with Crippen LogP contribution in [0.4, 0.5) is 0 Å². The molecule has 0 spiro atoms. The van der Waals surface area contributed by atoms with Gasteiger partial charge in [-0.05, 0) is 18.0 Å². The predicted octanol–water partition coefficient (Wildman–Crippen LogP) is 2.64. The molecule has 1 fully saturated rings. The fraction of sp³-hybridized carbons (Fsp3) is 0.381. The largest absolute Gasteiger partial charge is 0.381 e. The van der Waals surface area contributed by atoms with Crippen LogP contribution in [0.5, 0.6) is 0 Å². The third-order valence-electron chi connectivity index (χ3n) is 5.35. The first kappa shape index (κ1) is 21.0. The van der Waals surface area contributed by atoms with Gasteiger partial charge in [0.15, 0.2) is 23.3 Å². The lowest BCUT2D eigenvalue weighted by atomic mass is 9.66. The molecule has 8 nitrogen and oxygen atoms in total. The van der Waals surface area contributed by atoms with Gasteiger partial charge >= 0.3 is 0 Å². The van der Waals surface area contributed by atoms with Crippen molar-refractivity contribution >= 4 is 5.78 Å². The van der Waals surface area contributed by atoms with Gasteiger partial charge in [0.05, 0.1) is 6.10 Å². The summed E-state index contributed by atoms with van der Waals surface area (Å²) in [6.07, 6.45) is -2.38. The summed E-state index contributed by atoms with van der Waals surface area (Å²) in [5, 5.41) is 27.2. The first-order chi connectivity index (χ1) is 13.9. The van der Waals surface area contributed by atoms with Crippen LogP contribution in [0.15, 0.2) is 65.8 Å². The number of carbonyl (C=O) groups excluding carboxylic acids is 1. The maximum Gasteiger partial charge on any atom is 0.198 e. The number of nitrogens with zero attached hydrogens (tertiary/aromatic N) is 3. The smallest absolute Gasteiger partial charge is 0.198 e.